The van der Waals surface area contributed by atoms with Crippen LogP contribution in [0, 0.1) is 6.92 Å². The van der Waals surface area contributed by atoms with Crippen LogP contribution in [0.15, 0.2) is 41.3 Å². The van der Waals surface area contributed by atoms with Crippen LogP contribution in [0.1, 0.15) is 10.7 Å². The van der Waals surface area contributed by atoms with E-state index in [0.29, 0.717) is 15.8 Å². The van der Waals surface area contributed by atoms with Gasteiger partial charge in [0.2, 0.25) is 0 Å². The van der Waals surface area contributed by atoms with Crippen molar-refractivity contribution in [1.29, 1.82) is 0 Å². The number of nitrogens with zero attached hydrogens (tertiary/aromatic N) is 3. The monoisotopic (exact) mass is 360 g/mol. The number of rotatable bonds is 4. The quantitative estimate of drug-likeness (QED) is 0.830. The first-order valence-corrected chi connectivity index (χ1v) is 7.58. The van der Waals surface area contributed by atoms with E-state index in [1.54, 1.807) is 6.07 Å². The summed E-state index contributed by atoms with van der Waals surface area (Å²) in [4.78, 5) is 13.1. The Bertz CT molecular complexity index is 735. The fourth-order valence-corrected chi connectivity index (χ4v) is 2.46. The number of halogens is 4. The van der Waals surface area contributed by atoms with Crippen molar-refractivity contribution in [3.63, 3.8) is 0 Å². The van der Waals surface area contributed by atoms with Crippen LogP contribution in [0.4, 0.5) is 18.2 Å². The third kappa shape index (κ3) is 5.33. The van der Waals surface area contributed by atoms with Gasteiger partial charge in [0, 0.05) is 17.3 Å². The Morgan fingerprint density at radius 2 is 2.00 bits per heavy atom. The molecule has 0 unspecified atom stereocenters. The smallest absolute Gasteiger partial charge is 0.395 e. The second-order valence-electron chi connectivity index (χ2n) is 4.58. The van der Waals surface area contributed by atoms with E-state index >= 15 is 0 Å². The van der Waals surface area contributed by atoms with Crippen LogP contribution in [0.25, 0.3) is 0 Å². The Balaban J connectivity index is 2.35. The lowest BCUT2D eigenvalue weighted by Crippen LogP contribution is -2.21. The molecule has 2 heterocycles. The largest absolute Gasteiger partial charge is 0.430 e. The van der Waals surface area contributed by atoms with Gasteiger partial charge in [0.25, 0.3) is 0 Å². The van der Waals surface area contributed by atoms with Crippen molar-refractivity contribution in [1.82, 2.24) is 9.97 Å². The van der Waals surface area contributed by atoms with Crippen LogP contribution >= 0.6 is 22.9 Å². The fraction of sp³-hybridized carbons (Fsp3) is 0.214. The molecule has 0 radical (unpaired) electrons. The molecular weight excluding hydrogens is 349 g/mol. The van der Waals surface area contributed by atoms with Crippen LogP contribution in [-0.4, -0.2) is 21.9 Å². The van der Waals surface area contributed by atoms with Gasteiger partial charge in [-0.3, -0.25) is 0 Å². The zero-order valence-electron chi connectivity index (χ0n) is 11.9. The molecule has 2 N–H and O–H groups in total. The summed E-state index contributed by atoms with van der Waals surface area (Å²) >= 11 is 7.05. The van der Waals surface area contributed by atoms with Crippen molar-refractivity contribution in [2.75, 3.05) is 0 Å². The van der Waals surface area contributed by atoms with Crippen molar-refractivity contribution in [3.05, 3.63) is 52.0 Å². The molecule has 2 aromatic rings. The lowest BCUT2D eigenvalue weighted by atomic mass is 10.2. The van der Waals surface area contributed by atoms with E-state index in [1.807, 2.05) is 13.0 Å². The standard InChI is InChI=1S/C14H12ClF3N4S/c1-8-2-3-13(23-8)22-10(4-11(19)14(16,17)18)5-12-20-6-9(15)7-21-12/h2-4,6-7H,5,19H2,1H3/b11-4-,22-10-. The number of thiophene rings is 1. The van der Waals surface area contributed by atoms with Gasteiger partial charge in [-0.05, 0) is 25.1 Å². The van der Waals surface area contributed by atoms with E-state index in [0.717, 1.165) is 11.0 Å². The van der Waals surface area contributed by atoms with Crippen molar-refractivity contribution in [2.45, 2.75) is 19.5 Å². The van der Waals surface area contributed by atoms with E-state index in [-0.39, 0.29) is 12.1 Å². The van der Waals surface area contributed by atoms with Crippen molar-refractivity contribution in [3.8, 4) is 0 Å². The molecule has 0 amide bonds. The normalized spacial score (nSPS) is 13.4. The first kappa shape index (κ1) is 17.4. The van der Waals surface area contributed by atoms with Gasteiger partial charge >= 0.3 is 6.18 Å². The molecule has 0 atom stereocenters. The van der Waals surface area contributed by atoms with E-state index < -0.39 is 11.9 Å². The molecule has 0 saturated heterocycles. The molecule has 0 aromatic carbocycles. The first-order chi connectivity index (χ1) is 10.7. The first-order valence-electron chi connectivity index (χ1n) is 6.39. The molecule has 9 heteroatoms. The van der Waals surface area contributed by atoms with Gasteiger partial charge in [0.15, 0.2) is 0 Å². The highest BCUT2D eigenvalue weighted by atomic mass is 35.5. The molecule has 4 nitrogen and oxygen atoms in total. The Kier molecular flexibility index (Phi) is 5.38. The predicted molar refractivity (Wildman–Crippen MR) is 85.2 cm³/mol. The van der Waals surface area contributed by atoms with Gasteiger partial charge in [-0.15, -0.1) is 11.3 Å². The van der Waals surface area contributed by atoms with Gasteiger partial charge in [0.1, 0.15) is 16.5 Å². The average Bonchev–Trinajstić information content (AvgIpc) is 2.85. The molecule has 0 spiro atoms. The number of nitrogens with two attached hydrogens (primary N) is 1. The molecule has 0 aliphatic heterocycles. The SMILES string of the molecule is Cc1ccc(/N=C(/C=C(\N)C(F)(F)F)Cc2ncc(Cl)cn2)s1. The molecule has 23 heavy (non-hydrogen) atoms. The molecular formula is C14H12ClF3N4S. The van der Waals surface area contributed by atoms with Crippen LogP contribution in [-0.2, 0) is 6.42 Å². The minimum absolute atomic E-state index is 0.00486. The predicted octanol–water partition coefficient (Wildman–Crippen LogP) is 4.22. The van der Waals surface area contributed by atoms with Gasteiger partial charge in [-0.1, -0.05) is 11.6 Å². The van der Waals surface area contributed by atoms with E-state index in [2.05, 4.69) is 15.0 Å². The minimum atomic E-state index is -4.62. The Labute approximate surface area is 139 Å². The van der Waals surface area contributed by atoms with Gasteiger partial charge in [0.05, 0.1) is 17.2 Å². The number of hydrogen-bond donors (Lipinski definition) is 1. The number of aromatic nitrogens is 2. The third-order valence-electron chi connectivity index (χ3n) is 2.64. The van der Waals surface area contributed by atoms with E-state index in [9.17, 15) is 13.2 Å². The second-order valence-corrected chi connectivity index (χ2v) is 6.28. The fourth-order valence-electron chi connectivity index (χ4n) is 1.60. The maximum atomic E-state index is 12.6. The number of aliphatic imine (C=N–C) groups is 1. The molecule has 2 aromatic heterocycles. The summed E-state index contributed by atoms with van der Waals surface area (Å²) in [6.07, 6.45) is -1.08. The maximum Gasteiger partial charge on any atom is 0.430 e. The highest BCUT2D eigenvalue weighted by Crippen LogP contribution is 2.26. The van der Waals surface area contributed by atoms with Crippen molar-refractivity contribution in [2.24, 2.45) is 10.7 Å². The summed E-state index contributed by atoms with van der Waals surface area (Å²) in [5.74, 6) is 0.299. The number of aryl methyl sites for hydroxylation is 1. The molecule has 0 saturated carbocycles. The van der Waals surface area contributed by atoms with Crippen molar-refractivity contribution >= 4 is 33.7 Å². The average molecular weight is 361 g/mol. The van der Waals surface area contributed by atoms with Gasteiger partial charge in [-0.2, -0.15) is 13.2 Å². The van der Waals surface area contributed by atoms with Crippen LogP contribution in [0.2, 0.25) is 5.02 Å². The summed E-state index contributed by atoms with van der Waals surface area (Å²) < 4.78 is 37.9. The molecule has 0 bridgehead atoms. The van der Waals surface area contributed by atoms with Gasteiger partial charge in [-0.25, -0.2) is 15.0 Å². The summed E-state index contributed by atoms with van der Waals surface area (Å²) in [5, 5.41) is 0.921. The Morgan fingerprint density at radius 3 is 2.52 bits per heavy atom. The van der Waals surface area contributed by atoms with Crippen LogP contribution < -0.4 is 5.73 Å². The molecule has 0 fully saturated rings. The molecule has 2 rings (SSSR count). The van der Waals surface area contributed by atoms with Gasteiger partial charge < -0.3 is 5.73 Å². The summed E-state index contributed by atoms with van der Waals surface area (Å²) in [7, 11) is 0. The number of hydrogen-bond acceptors (Lipinski definition) is 5. The number of allylic oxidation sites excluding steroid dienone is 2. The Hall–Kier alpha value is -1.93. The lowest BCUT2D eigenvalue weighted by Gasteiger charge is -2.07. The Morgan fingerprint density at radius 1 is 1.35 bits per heavy atom. The topological polar surface area (TPSA) is 64.2 Å². The molecule has 0 aliphatic rings. The highest BCUT2D eigenvalue weighted by molar-refractivity contribution is 7.15. The summed E-state index contributed by atoms with van der Waals surface area (Å²) in [6, 6.07) is 3.55. The van der Waals surface area contributed by atoms with Crippen LogP contribution in [0.3, 0.4) is 0 Å². The zero-order chi connectivity index (χ0) is 17.0. The molecule has 0 aliphatic carbocycles. The highest BCUT2D eigenvalue weighted by Gasteiger charge is 2.31. The zero-order valence-corrected chi connectivity index (χ0v) is 13.5. The van der Waals surface area contributed by atoms with E-state index in [4.69, 9.17) is 17.3 Å². The summed E-state index contributed by atoms with van der Waals surface area (Å²) in [5.41, 5.74) is 3.98. The third-order valence-corrected chi connectivity index (χ3v) is 3.73. The minimum Gasteiger partial charge on any atom is -0.395 e. The maximum absolute atomic E-state index is 12.6. The lowest BCUT2D eigenvalue weighted by molar-refractivity contribution is -0.0925. The summed E-state index contributed by atoms with van der Waals surface area (Å²) in [6.45, 7) is 1.88. The van der Waals surface area contributed by atoms with E-state index in [1.165, 1.54) is 23.7 Å². The van der Waals surface area contributed by atoms with Crippen LogP contribution in [0.5, 0.6) is 0 Å². The van der Waals surface area contributed by atoms with Crippen molar-refractivity contribution < 1.29 is 13.2 Å². The number of alkyl halides is 3. The molecule has 122 valence electrons. The second kappa shape index (κ2) is 7.10.